The van der Waals surface area contributed by atoms with Gasteiger partial charge < -0.3 is 9.69 Å². The van der Waals surface area contributed by atoms with Gasteiger partial charge in [-0.2, -0.15) is 0 Å². The second-order valence-corrected chi connectivity index (χ2v) is 6.85. The largest absolute Gasteiger partial charge is 0.303 e. The van der Waals surface area contributed by atoms with Crippen LogP contribution in [0, 0.1) is 5.41 Å². The van der Waals surface area contributed by atoms with Gasteiger partial charge in [0.1, 0.15) is 6.29 Å². The second kappa shape index (κ2) is 6.29. The lowest BCUT2D eigenvalue weighted by Gasteiger charge is -2.43. The van der Waals surface area contributed by atoms with Crippen LogP contribution in [-0.2, 0) is 4.79 Å². The Morgan fingerprint density at radius 1 is 1.19 bits per heavy atom. The van der Waals surface area contributed by atoms with Crippen molar-refractivity contribution in [3.8, 4) is 0 Å². The highest BCUT2D eigenvalue weighted by Gasteiger charge is 2.38. The topological polar surface area (TPSA) is 23.6 Å². The van der Waals surface area contributed by atoms with Crippen LogP contribution in [0.25, 0.3) is 0 Å². The van der Waals surface area contributed by atoms with Crippen LogP contribution in [0.3, 0.4) is 0 Å². The average molecular weight is 286 g/mol. The van der Waals surface area contributed by atoms with Crippen molar-refractivity contribution in [1.29, 1.82) is 0 Å². The molecular weight excluding hydrogens is 260 g/mol. The molecular formula is C18H26N2O. The minimum absolute atomic E-state index is 0.0804. The van der Waals surface area contributed by atoms with Crippen LogP contribution < -0.4 is 0 Å². The van der Waals surface area contributed by atoms with Gasteiger partial charge in [-0.25, -0.2) is 0 Å². The summed E-state index contributed by atoms with van der Waals surface area (Å²) >= 11 is 0. The van der Waals surface area contributed by atoms with E-state index in [1.165, 1.54) is 24.7 Å². The second-order valence-electron chi connectivity index (χ2n) is 6.85. The molecule has 1 aliphatic heterocycles. The molecule has 3 rings (SSSR count). The van der Waals surface area contributed by atoms with Gasteiger partial charge in [0.25, 0.3) is 0 Å². The number of piperazine rings is 1. The molecule has 2 fully saturated rings. The number of nitrogens with zero attached hydrogens (tertiary/aromatic N) is 2. The van der Waals surface area contributed by atoms with Crippen molar-refractivity contribution in [2.45, 2.75) is 31.7 Å². The van der Waals surface area contributed by atoms with Gasteiger partial charge in [-0.15, -0.1) is 0 Å². The van der Waals surface area contributed by atoms with Crippen LogP contribution in [0.15, 0.2) is 30.3 Å². The fourth-order valence-corrected chi connectivity index (χ4v) is 3.93. The molecule has 3 heteroatoms. The molecule has 0 bridgehead atoms. The summed E-state index contributed by atoms with van der Waals surface area (Å²) in [5, 5.41) is 0. The molecule has 21 heavy (non-hydrogen) atoms. The fourth-order valence-electron chi connectivity index (χ4n) is 3.93. The van der Waals surface area contributed by atoms with Gasteiger partial charge in [0.15, 0.2) is 0 Å². The summed E-state index contributed by atoms with van der Waals surface area (Å²) in [7, 11) is 2.19. The first-order chi connectivity index (χ1) is 10.2. The zero-order chi connectivity index (χ0) is 14.7. The van der Waals surface area contributed by atoms with E-state index in [1.807, 2.05) is 0 Å². The molecule has 3 nitrogen and oxygen atoms in total. The predicted octanol–water partition coefficient (Wildman–Crippen LogP) is 2.73. The summed E-state index contributed by atoms with van der Waals surface area (Å²) in [6, 6.07) is 11.2. The van der Waals surface area contributed by atoms with Crippen molar-refractivity contribution in [3.05, 3.63) is 35.9 Å². The molecule has 2 aliphatic rings. The summed E-state index contributed by atoms with van der Waals surface area (Å²) in [6.07, 6.45) is 5.82. The molecule has 0 spiro atoms. The number of hydrogen-bond acceptors (Lipinski definition) is 3. The Morgan fingerprint density at radius 2 is 1.90 bits per heavy atom. The number of hydrogen-bond donors (Lipinski definition) is 0. The van der Waals surface area contributed by atoms with Gasteiger partial charge in [0.05, 0.1) is 0 Å². The highest BCUT2D eigenvalue weighted by molar-refractivity contribution is 5.60. The minimum atomic E-state index is -0.0804. The molecule has 114 valence electrons. The maximum atomic E-state index is 11.7. The number of aldehydes is 1. The van der Waals surface area contributed by atoms with E-state index in [0.717, 1.165) is 39.0 Å². The van der Waals surface area contributed by atoms with E-state index in [2.05, 4.69) is 47.2 Å². The Bertz CT molecular complexity index is 467. The van der Waals surface area contributed by atoms with Gasteiger partial charge in [-0.05, 0) is 25.5 Å². The van der Waals surface area contributed by atoms with E-state index < -0.39 is 0 Å². The molecule has 0 radical (unpaired) electrons. The lowest BCUT2D eigenvalue weighted by molar-refractivity contribution is -0.117. The molecule has 0 amide bonds. The van der Waals surface area contributed by atoms with Crippen molar-refractivity contribution in [3.63, 3.8) is 0 Å². The van der Waals surface area contributed by atoms with Crippen LogP contribution >= 0.6 is 0 Å². The Hall–Kier alpha value is -1.19. The molecule has 1 aliphatic carbocycles. The van der Waals surface area contributed by atoms with Crippen molar-refractivity contribution >= 4 is 6.29 Å². The fraction of sp³-hybridized carbons (Fsp3) is 0.611. The lowest BCUT2D eigenvalue weighted by Crippen LogP contribution is -2.50. The first kappa shape index (κ1) is 14.7. The van der Waals surface area contributed by atoms with Crippen LogP contribution in [0.4, 0.5) is 0 Å². The third-order valence-electron chi connectivity index (χ3n) is 5.25. The Labute approximate surface area is 127 Å². The maximum absolute atomic E-state index is 11.7. The zero-order valence-corrected chi connectivity index (χ0v) is 13.0. The Morgan fingerprint density at radius 3 is 2.57 bits per heavy atom. The highest BCUT2D eigenvalue weighted by atomic mass is 16.1. The van der Waals surface area contributed by atoms with Crippen molar-refractivity contribution in [2.24, 2.45) is 5.41 Å². The normalized spacial score (nSPS) is 26.8. The van der Waals surface area contributed by atoms with Crippen molar-refractivity contribution in [1.82, 2.24) is 9.80 Å². The molecule has 1 heterocycles. The van der Waals surface area contributed by atoms with Crippen LogP contribution in [0.5, 0.6) is 0 Å². The Kier molecular flexibility index (Phi) is 4.41. The van der Waals surface area contributed by atoms with Crippen molar-refractivity contribution < 1.29 is 4.79 Å². The van der Waals surface area contributed by atoms with Gasteiger partial charge >= 0.3 is 0 Å². The molecule has 0 aromatic heterocycles. The quantitative estimate of drug-likeness (QED) is 0.795. The maximum Gasteiger partial charge on any atom is 0.127 e. The summed E-state index contributed by atoms with van der Waals surface area (Å²) in [5.74, 6) is 0. The van der Waals surface area contributed by atoms with Crippen LogP contribution in [0.1, 0.15) is 37.3 Å². The third kappa shape index (κ3) is 3.19. The van der Waals surface area contributed by atoms with Crippen molar-refractivity contribution in [2.75, 3.05) is 33.2 Å². The first-order valence-corrected chi connectivity index (χ1v) is 8.16. The monoisotopic (exact) mass is 286 g/mol. The van der Waals surface area contributed by atoms with Gasteiger partial charge in [0.2, 0.25) is 0 Å². The molecule has 1 aromatic carbocycles. The smallest absolute Gasteiger partial charge is 0.127 e. The SMILES string of the molecule is CN1CCN(CC2(C=O)CCCC2)C(c2ccccc2)C1. The number of rotatable bonds is 4. The zero-order valence-electron chi connectivity index (χ0n) is 13.0. The molecule has 1 unspecified atom stereocenters. The van der Waals surface area contributed by atoms with E-state index in [0.29, 0.717) is 6.04 Å². The number of benzene rings is 1. The van der Waals surface area contributed by atoms with E-state index in [9.17, 15) is 4.79 Å². The number of likely N-dealkylation sites (N-methyl/N-ethyl adjacent to an activating group) is 1. The van der Waals surface area contributed by atoms with Crippen LogP contribution in [-0.4, -0.2) is 49.3 Å². The number of carbonyl (C=O) groups is 1. The Balaban J connectivity index is 1.79. The van der Waals surface area contributed by atoms with E-state index in [4.69, 9.17) is 0 Å². The van der Waals surface area contributed by atoms with Gasteiger partial charge in [-0.3, -0.25) is 4.90 Å². The molecule has 1 aromatic rings. The van der Waals surface area contributed by atoms with E-state index in [1.54, 1.807) is 0 Å². The average Bonchev–Trinajstić information content (AvgIpc) is 2.99. The lowest BCUT2D eigenvalue weighted by atomic mass is 9.86. The molecule has 1 atom stereocenters. The summed E-state index contributed by atoms with van der Waals surface area (Å²) in [4.78, 5) is 16.6. The van der Waals surface area contributed by atoms with E-state index in [-0.39, 0.29) is 5.41 Å². The van der Waals surface area contributed by atoms with Gasteiger partial charge in [-0.1, -0.05) is 43.2 Å². The summed E-state index contributed by atoms with van der Waals surface area (Å²) in [5.41, 5.74) is 1.30. The highest BCUT2D eigenvalue weighted by Crippen LogP contribution is 2.39. The van der Waals surface area contributed by atoms with Gasteiger partial charge in [0, 0.05) is 37.6 Å². The van der Waals surface area contributed by atoms with Crippen LogP contribution in [0.2, 0.25) is 0 Å². The minimum Gasteiger partial charge on any atom is -0.303 e. The first-order valence-electron chi connectivity index (χ1n) is 8.16. The standard InChI is InChI=1S/C18H26N2O/c1-19-11-12-20(14-18(15-21)9-5-6-10-18)17(13-19)16-7-3-2-4-8-16/h2-4,7-8,15,17H,5-6,9-14H2,1H3. The number of carbonyl (C=O) groups excluding carboxylic acids is 1. The molecule has 0 N–H and O–H groups in total. The summed E-state index contributed by atoms with van der Waals surface area (Å²) < 4.78 is 0. The molecule has 1 saturated heterocycles. The third-order valence-corrected chi connectivity index (χ3v) is 5.25. The summed E-state index contributed by atoms with van der Waals surface area (Å²) in [6.45, 7) is 4.15. The predicted molar refractivity (Wildman–Crippen MR) is 85.2 cm³/mol. The van der Waals surface area contributed by atoms with E-state index >= 15 is 0 Å². The molecule has 1 saturated carbocycles.